The van der Waals surface area contributed by atoms with Gasteiger partial charge in [-0.25, -0.2) is 0 Å². The lowest BCUT2D eigenvalue weighted by molar-refractivity contribution is 0.920. The first kappa shape index (κ1) is 11.4. The van der Waals surface area contributed by atoms with Gasteiger partial charge in [0.25, 0.3) is 0 Å². The van der Waals surface area contributed by atoms with E-state index in [1.165, 1.54) is 23.1 Å². The lowest BCUT2D eigenvalue weighted by Crippen LogP contribution is -1.84. The molecular formula is C15H14Br. The summed E-state index contributed by atoms with van der Waals surface area (Å²) in [6.45, 7) is 2.19. The van der Waals surface area contributed by atoms with E-state index in [4.69, 9.17) is 0 Å². The molecule has 2 aromatic carbocycles. The Kier molecular flexibility index (Phi) is 3.79. The molecule has 1 radical (unpaired) electrons. The molecule has 0 aliphatic rings. The molecule has 0 aromatic heterocycles. The SMILES string of the molecule is CCCc1[c]cc(-c2ccccc2Br)cc1. The summed E-state index contributed by atoms with van der Waals surface area (Å²) in [7, 11) is 0. The van der Waals surface area contributed by atoms with Crippen molar-refractivity contribution in [3.05, 3.63) is 58.6 Å². The molecule has 0 heterocycles. The average Bonchev–Trinajstić information content (AvgIpc) is 2.31. The Bertz CT molecular complexity index is 457. The number of halogens is 1. The number of hydrogen-bond donors (Lipinski definition) is 0. The Labute approximate surface area is 105 Å². The number of benzene rings is 2. The average molecular weight is 274 g/mol. The minimum absolute atomic E-state index is 1.11. The number of rotatable bonds is 3. The molecule has 0 aliphatic carbocycles. The quantitative estimate of drug-likeness (QED) is 0.749. The highest BCUT2D eigenvalue weighted by Crippen LogP contribution is 2.27. The smallest absolute Gasteiger partial charge is 0.0253 e. The van der Waals surface area contributed by atoms with E-state index in [9.17, 15) is 0 Å². The molecule has 2 rings (SSSR count). The highest BCUT2D eigenvalue weighted by atomic mass is 79.9. The summed E-state index contributed by atoms with van der Waals surface area (Å²) in [5, 5.41) is 0. The predicted molar refractivity (Wildman–Crippen MR) is 72.4 cm³/mol. The molecule has 0 atom stereocenters. The number of aryl methyl sites for hydroxylation is 1. The van der Waals surface area contributed by atoms with Crippen LogP contribution in [0, 0.1) is 6.07 Å². The second-order valence-corrected chi connectivity index (χ2v) is 4.69. The maximum atomic E-state index is 3.57. The van der Waals surface area contributed by atoms with Crippen molar-refractivity contribution in [2.75, 3.05) is 0 Å². The summed E-state index contributed by atoms with van der Waals surface area (Å²) in [4.78, 5) is 0. The van der Waals surface area contributed by atoms with Crippen molar-refractivity contribution >= 4 is 15.9 Å². The van der Waals surface area contributed by atoms with Gasteiger partial charge in [0.05, 0.1) is 0 Å². The normalized spacial score (nSPS) is 10.4. The maximum Gasteiger partial charge on any atom is 0.0253 e. The molecule has 0 unspecified atom stereocenters. The van der Waals surface area contributed by atoms with Crippen molar-refractivity contribution in [2.45, 2.75) is 19.8 Å². The first-order chi connectivity index (χ1) is 7.81. The van der Waals surface area contributed by atoms with Gasteiger partial charge in [-0.2, -0.15) is 0 Å². The zero-order chi connectivity index (χ0) is 11.4. The topological polar surface area (TPSA) is 0 Å². The van der Waals surface area contributed by atoms with Gasteiger partial charge in [-0.1, -0.05) is 59.6 Å². The molecule has 0 amide bonds. The maximum absolute atomic E-state index is 3.57. The molecule has 0 fully saturated rings. The fourth-order valence-corrected chi connectivity index (χ4v) is 2.26. The van der Waals surface area contributed by atoms with E-state index in [1.807, 2.05) is 6.07 Å². The highest BCUT2D eigenvalue weighted by Gasteiger charge is 2.01. The zero-order valence-electron chi connectivity index (χ0n) is 9.33. The fraction of sp³-hybridized carbons (Fsp3) is 0.200. The van der Waals surface area contributed by atoms with Gasteiger partial charge in [0.1, 0.15) is 0 Å². The van der Waals surface area contributed by atoms with E-state index in [-0.39, 0.29) is 0 Å². The van der Waals surface area contributed by atoms with Crippen molar-refractivity contribution in [2.24, 2.45) is 0 Å². The Balaban J connectivity index is 2.31. The van der Waals surface area contributed by atoms with Crippen LogP contribution in [0.15, 0.2) is 46.9 Å². The molecule has 16 heavy (non-hydrogen) atoms. The van der Waals surface area contributed by atoms with Crippen LogP contribution in [0.1, 0.15) is 18.9 Å². The lowest BCUT2D eigenvalue weighted by atomic mass is 10.0. The van der Waals surface area contributed by atoms with Gasteiger partial charge < -0.3 is 0 Å². The summed E-state index contributed by atoms with van der Waals surface area (Å²) >= 11 is 3.57. The molecule has 0 N–H and O–H groups in total. The van der Waals surface area contributed by atoms with Crippen LogP contribution in [-0.4, -0.2) is 0 Å². The van der Waals surface area contributed by atoms with Crippen molar-refractivity contribution in [1.82, 2.24) is 0 Å². The Morgan fingerprint density at radius 1 is 1.12 bits per heavy atom. The summed E-state index contributed by atoms with van der Waals surface area (Å²) < 4.78 is 1.13. The van der Waals surface area contributed by atoms with Crippen LogP contribution in [0.3, 0.4) is 0 Å². The van der Waals surface area contributed by atoms with Gasteiger partial charge in [0, 0.05) is 4.47 Å². The van der Waals surface area contributed by atoms with E-state index in [2.05, 4.69) is 65.3 Å². The molecule has 81 valence electrons. The molecule has 2 aromatic rings. The van der Waals surface area contributed by atoms with Crippen molar-refractivity contribution in [3.63, 3.8) is 0 Å². The second kappa shape index (κ2) is 5.31. The molecule has 0 bridgehead atoms. The Morgan fingerprint density at radius 2 is 1.94 bits per heavy atom. The molecule has 0 nitrogen and oxygen atoms in total. The fourth-order valence-electron chi connectivity index (χ4n) is 1.74. The van der Waals surface area contributed by atoms with E-state index in [1.54, 1.807) is 0 Å². The van der Waals surface area contributed by atoms with Gasteiger partial charge in [-0.3, -0.25) is 0 Å². The molecule has 0 saturated heterocycles. The third-order valence-corrected chi connectivity index (χ3v) is 3.27. The first-order valence-electron chi connectivity index (χ1n) is 5.57. The van der Waals surface area contributed by atoms with Gasteiger partial charge in [0.15, 0.2) is 0 Å². The summed E-state index contributed by atoms with van der Waals surface area (Å²) in [5.41, 5.74) is 3.73. The van der Waals surface area contributed by atoms with Gasteiger partial charge in [-0.05, 0) is 41.3 Å². The van der Waals surface area contributed by atoms with Crippen LogP contribution < -0.4 is 0 Å². The van der Waals surface area contributed by atoms with Crippen LogP contribution in [0.4, 0.5) is 0 Å². The van der Waals surface area contributed by atoms with Crippen LogP contribution in [0.2, 0.25) is 0 Å². The third-order valence-electron chi connectivity index (χ3n) is 2.58. The molecule has 0 saturated carbocycles. The highest BCUT2D eigenvalue weighted by molar-refractivity contribution is 9.10. The Morgan fingerprint density at radius 3 is 2.56 bits per heavy atom. The van der Waals surface area contributed by atoms with Crippen molar-refractivity contribution < 1.29 is 0 Å². The largest absolute Gasteiger partial charge is 0.0651 e. The standard InChI is InChI=1S/C15H14Br/c1-2-5-12-8-10-13(11-9-12)14-6-3-4-7-15(14)16/h3-4,6-8,10-11H,2,5H2,1H3. The molecular weight excluding hydrogens is 260 g/mol. The van der Waals surface area contributed by atoms with Gasteiger partial charge >= 0.3 is 0 Å². The minimum atomic E-state index is 1.11. The van der Waals surface area contributed by atoms with Gasteiger partial charge in [-0.15, -0.1) is 0 Å². The summed E-state index contributed by atoms with van der Waals surface area (Å²) in [6.07, 6.45) is 2.28. The second-order valence-electron chi connectivity index (χ2n) is 3.83. The van der Waals surface area contributed by atoms with Crippen molar-refractivity contribution in [3.8, 4) is 11.1 Å². The van der Waals surface area contributed by atoms with Crippen LogP contribution in [-0.2, 0) is 6.42 Å². The first-order valence-corrected chi connectivity index (χ1v) is 6.36. The van der Waals surface area contributed by atoms with E-state index < -0.39 is 0 Å². The molecule has 1 heteroatoms. The predicted octanol–water partition coefficient (Wildman–Crippen LogP) is 4.87. The third kappa shape index (κ3) is 2.53. The zero-order valence-corrected chi connectivity index (χ0v) is 10.9. The summed E-state index contributed by atoms with van der Waals surface area (Å²) in [5.74, 6) is 0. The molecule has 0 spiro atoms. The number of hydrogen-bond acceptors (Lipinski definition) is 0. The van der Waals surface area contributed by atoms with Crippen LogP contribution in [0.25, 0.3) is 11.1 Å². The van der Waals surface area contributed by atoms with E-state index >= 15 is 0 Å². The van der Waals surface area contributed by atoms with Gasteiger partial charge in [0.2, 0.25) is 0 Å². The Hall–Kier alpha value is -1.08. The minimum Gasteiger partial charge on any atom is -0.0651 e. The lowest BCUT2D eigenvalue weighted by Gasteiger charge is -2.05. The monoisotopic (exact) mass is 273 g/mol. The molecule has 0 aliphatic heterocycles. The van der Waals surface area contributed by atoms with E-state index in [0.717, 1.165) is 10.9 Å². The van der Waals surface area contributed by atoms with E-state index in [0.29, 0.717) is 0 Å². The van der Waals surface area contributed by atoms with Crippen molar-refractivity contribution in [1.29, 1.82) is 0 Å². The van der Waals surface area contributed by atoms with Crippen LogP contribution in [0.5, 0.6) is 0 Å². The summed E-state index contributed by atoms with van der Waals surface area (Å²) in [6, 6.07) is 18.0. The van der Waals surface area contributed by atoms with Crippen LogP contribution >= 0.6 is 15.9 Å².